The first-order valence-corrected chi connectivity index (χ1v) is 8.49. The van der Waals surface area contributed by atoms with Crippen LogP contribution < -0.4 is 5.32 Å². The van der Waals surface area contributed by atoms with Crippen LogP contribution in [0.25, 0.3) is 0 Å². The van der Waals surface area contributed by atoms with E-state index in [2.05, 4.69) is 58.6 Å². The highest BCUT2D eigenvalue weighted by Crippen LogP contribution is 2.25. The summed E-state index contributed by atoms with van der Waals surface area (Å²) in [5.74, 6) is 0. The minimum Gasteiger partial charge on any atom is -0.383 e. The molecule has 0 fully saturated rings. The molecule has 2 aromatic rings. The Hall–Kier alpha value is -1.49. The van der Waals surface area contributed by atoms with Crippen LogP contribution in [0.4, 0.5) is 5.69 Å². The molecule has 0 spiro atoms. The summed E-state index contributed by atoms with van der Waals surface area (Å²) in [5, 5.41) is 11.1. The lowest BCUT2D eigenvalue weighted by molar-refractivity contribution is 0.594. The minimum atomic E-state index is 0.523. The van der Waals surface area contributed by atoms with Gasteiger partial charge in [-0.15, -0.1) is 0 Å². The number of hydrogen-bond acceptors (Lipinski definition) is 4. The van der Waals surface area contributed by atoms with Crippen molar-refractivity contribution in [3.8, 4) is 0 Å². The second kappa shape index (κ2) is 8.72. The number of H-pyrrole nitrogens is 1. The average molecular weight is 304 g/mol. The number of anilines is 1. The van der Waals surface area contributed by atoms with E-state index in [1.807, 2.05) is 0 Å². The molecule has 5 heteroatoms. The molecular formula is C16H24N4S. The fraction of sp³-hybridized carbons (Fsp3) is 0.500. The second-order valence-corrected chi connectivity index (χ2v) is 6.37. The summed E-state index contributed by atoms with van der Waals surface area (Å²) in [6.07, 6.45) is 8.05. The Labute approximate surface area is 131 Å². The molecule has 2 N–H and O–H groups in total. The Balaban J connectivity index is 1.76. The van der Waals surface area contributed by atoms with E-state index in [1.165, 1.54) is 44.1 Å². The van der Waals surface area contributed by atoms with Crippen molar-refractivity contribution < 1.29 is 0 Å². The van der Waals surface area contributed by atoms with Gasteiger partial charge in [0.2, 0.25) is 0 Å². The van der Waals surface area contributed by atoms with E-state index < -0.39 is 0 Å². The molecule has 1 aromatic heterocycles. The predicted octanol–water partition coefficient (Wildman–Crippen LogP) is 4.73. The van der Waals surface area contributed by atoms with Crippen molar-refractivity contribution in [1.82, 2.24) is 15.2 Å². The van der Waals surface area contributed by atoms with Crippen LogP contribution in [-0.2, 0) is 0 Å². The molecule has 0 saturated heterocycles. The van der Waals surface area contributed by atoms with Gasteiger partial charge >= 0.3 is 0 Å². The van der Waals surface area contributed by atoms with Gasteiger partial charge in [0.15, 0.2) is 5.16 Å². The van der Waals surface area contributed by atoms with Gasteiger partial charge in [0.25, 0.3) is 0 Å². The van der Waals surface area contributed by atoms with E-state index in [9.17, 15) is 0 Å². The molecule has 2 rings (SSSR count). The van der Waals surface area contributed by atoms with Crippen LogP contribution in [0.15, 0.2) is 40.6 Å². The van der Waals surface area contributed by atoms with Crippen molar-refractivity contribution in [2.45, 2.75) is 62.0 Å². The third-order valence-electron chi connectivity index (χ3n) is 3.37. The van der Waals surface area contributed by atoms with Gasteiger partial charge in [-0.2, -0.15) is 5.10 Å². The largest absolute Gasteiger partial charge is 0.383 e. The van der Waals surface area contributed by atoms with Gasteiger partial charge in [-0.25, -0.2) is 4.98 Å². The quantitative estimate of drug-likeness (QED) is 0.658. The van der Waals surface area contributed by atoms with E-state index in [4.69, 9.17) is 0 Å². The molecule has 21 heavy (non-hydrogen) atoms. The summed E-state index contributed by atoms with van der Waals surface area (Å²) in [6.45, 7) is 4.50. The molecule has 4 nitrogen and oxygen atoms in total. The lowest BCUT2D eigenvalue weighted by Crippen LogP contribution is -2.14. The van der Waals surface area contributed by atoms with Gasteiger partial charge in [-0.3, -0.25) is 5.10 Å². The lowest BCUT2D eigenvalue weighted by Gasteiger charge is -2.15. The first kappa shape index (κ1) is 15.9. The molecule has 0 saturated carbocycles. The molecule has 114 valence electrons. The average Bonchev–Trinajstić information content (AvgIpc) is 2.99. The van der Waals surface area contributed by atoms with E-state index in [0.29, 0.717) is 6.04 Å². The maximum absolute atomic E-state index is 4.11. The van der Waals surface area contributed by atoms with Gasteiger partial charge < -0.3 is 5.32 Å². The maximum atomic E-state index is 4.11. The Kier molecular flexibility index (Phi) is 6.60. The normalized spacial score (nSPS) is 12.3. The highest BCUT2D eigenvalue weighted by atomic mass is 32.2. The van der Waals surface area contributed by atoms with Crippen LogP contribution >= 0.6 is 11.8 Å². The topological polar surface area (TPSA) is 53.6 Å². The standard InChI is InChI=1S/C16H24N4S/c1-3-4-5-6-7-13(2)19-14-8-10-15(11-9-14)21-16-17-12-18-20-16/h8-13,19H,3-7H2,1-2H3,(H,17,18,20). The number of nitrogens with one attached hydrogen (secondary N) is 2. The molecule has 0 radical (unpaired) electrons. The zero-order valence-corrected chi connectivity index (χ0v) is 13.6. The third kappa shape index (κ3) is 5.79. The van der Waals surface area contributed by atoms with E-state index >= 15 is 0 Å². The summed E-state index contributed by atoms with van der Waals surface area (Å²) >= 11 is 1.58. The lowest BCUT2D eigenvalue weighted by atomic mass is 10.1. The van der Waals surface area contributed by atoms with Crippen LogP contribution in [0.2, 0.25) is 0 Å². The van der Waals surface area contributed by atoms with Crippen LogP contribution in [0.5, 0.6) is 0 Å². The van der Waals surface area contributed by atoms with Crippen molar-refractivity contribution in [2.75, 3.05) is 5.32 Å². The monoisotopic (exact) mass is 304 g/mol. The summed E-state index contributed by atoms with van der Waals surface area (Å²) in [6, 6.07) is 9.00. The molecule has 0 aliphatic heterocycles. The fourth-order valence-corrected chi connectivity index (χ4v) is 2.90. The number of aromatic nitrogens is 3. The fourth-order valence-electron chi connectivity index (χ4n) is 2.21. The molecular weight excluding hydrogens is 280 g/mol. The van der Waals surface area contributed by atoms with Crippen molar-refractivity contribution in [3.05, 3.63) is 30.6 Å². The molecule has 0 bridgehead atoms. The van der Waals surface area contributed by atoms with Gasteiger partial charge in [-0.05, 0) is 37.6 Å². The molecule has 0 aliphatic rings. The van der Waals surface area contributed by atoms with Gasteiger partial charge in [0, 0.05) is 16.6 Å². The van der Waals surface area contributed by atoms with Gasteiger partial charge in [0.05, 0.1) is 0 Å². The second-order valence-electron chi connectivity index (χ2n) is 5.31. The Morgan fingerprint density at radius 3 is 2.67 bits per heavy atom. The first-order valence-electron chi connectivity index (χ1n) is 7.67. The zero-order chi connectivity index (χ0) is 14.9. The third-order valence-corrected chi connectivity index (χ3v) is 4.26. The van der Waals surface area contributed by atoms with Crippen molar-refractivity contribution >= 4 is 17.4 Å². The highest BCUT2D eigenvalue weighted by Gasteiger charge is 2.03. The smallest absolute Gasteiger partial charge is 0.188 e. The minimum absolute atomic E-state index is 0.523. The Morgan fingerprint density at radius 1 is 1.19 bits per heavy atom. The van der Waals surface area contributed by atoms with Gasteiger partial charge in [-0.1, -0.05) is 44.4 Å². The van der Waals surface area contributed by atoms with E-state index in [0.717, 1.165) is 10.1 Å². The van der Waals surface area contributed by atoms with E-state index in [1.54, 1.807) is 11.8 Å². The maximum Gasteiger partial charge on any atom is 0.188 e. The number of nitrogens with zero attached hydrogens (tertiary/aromatic N) is 2. The Morgan fingerprint density at radius 2 is 2.00 bits per heavy atom. The predicted molar refractivity (Wildman–Crippen MR) is 88.8 cm³/mol. The summed E-state index contributed by atoms with van der Waals surface area (Å²) in [5.41, 5.74) is 1.18. The molecule has 0 aliphatic carbocycles. The number of hydrogen-bond donors (Lipinski definition) is 2. The SMILES string of the molecule is CCCCCCC(C)Nc1ccc(Sc2ncn[nH]2)cc1. The molecule has 1 unspecified atom stereocenters. The van der Waals surface area contributed by atoms with Crippen LogP contribution in [-0.4, -0.2) is 21.2 Å². The summed E-state index contributed by atoms with van der Waals surface area (Å²) in [4.78, 5) is 5.27. The zero-order valence-electron chi connectivity index (χ0n) is 12.8. The summed E-state index contributed by atoms with van der Waals surface area (Å²) < 4.78 is 0. The number of aromatic amines is 1. The van der Waals surface area contributed by atoms with Crippen molar-refractivity contribution in [2.24, 2.45) is 0 Å². The summed E-state index contributed by atoms with van der Waals surface area (Å²) in [7, 11) is 0. The number of unbranched alkanes of at least 4 members (excludes halogenated alkanes) is 3. The molecule has 1 aromatic carbocycles. The van der Waals surface area contributed by atoms with Crippen molar-refractivity contribution in [3.63, 3.8) is 0 Å². The Bertz CT molecular complexity index is 496. The van der Waals surface area contributed by atoms with Crippen LogP contribution in [0.3, 0.4) is 0 Å². The number of benzene rings is 1. The van der Waals surface area contributed by atoms with E-state index in [-0.39, 0.29) is 0 Å². The van der Waals surface area contributed by atoms with Gasteiger partial charge in [0.1, 0.15) is 6.33 Å². The molecule has 1 atom stereocenters. The molecule has 0 amide bonds. The highest BCUT2D eigenvalue weighted by molar-refractivity contribution is 7.99. The molecule has 1 heterocycles. The first-order chi connectivity index (χ1) is 10.3. The van der Waals surface area contributed by atoms with Crippen LogP contribution in [0, 0.1) is 0 Å². The van der Waals surface area contributed by atoms with Crippen molar-refractivity contribution in [1.29, 1.82) is 0 Å². The van der Waals surface area contributed by atoms with Crippen LogP contribution in [0.1, 0.15) is 46.0 Å². The number of rotatable bonds is 9.